The molecule has 12 N–H and O–H groups in total. The molecule has 0 heterocycles. The van der Waals surface area contributed by atoms with Crippen LogP contribution in [0.15, 0.2) is 4.99 Å². The van der Waals surface area contributed by atoms with Crippen LogP contribution in [0.3, 0.4) is 0 Å². The summed E-state index contributed by atoms with van der Waals surface area (Å²) in [5.41, 5.74) is 21.6. The highest BCUT2D eigenvalue weighted by Crippen LogP contribution is 2.07. The molecule has 16 heteroatoms. The average molecular weight is 565 g/mol. The van der Waals surface area contributed by atoms with Gasteiger partial charge < -0.3 is 44.0 Å². The molecule has 0 aromatic carbocycles. The van der Waals surface area contributed by atoms with E-state index in [2.05, 4.69) is 20.9 Å². The molecule has 14 nitrogen and oxygen atoms in total. The van der Waals surface area contributed by atoms with E-state index in [9.17, 15) is 29.1 Å². The van der Waals surface area contributed by atoms with Crippen molar-refractivity contribution in [3.8, 4) is 0 Å². The summed E-state index contributed by atoms with van der Waals surface area (Å²) in [5, 5.41) is 17.0. The lowest BCUT2D eigenvalue weighted by Crippen LogP contribution is -2.57. The number of aliphatic carboxylic acids is 1. The van der Waals surface area contributed by atoms with Crippen molar-refractivity contribution in [3.63, 3.8) is 0 Å². The van der Waals surface area contributed by atoms with E-state index >= 15 is 0 Å². The van der Waals surface area contributed by atoms with Gasteiger partial charge in [-0.25, -0.2) is 4.79 Å². The number of hydrogen-bond acceptors (Lipinski definition) is 9. The summed E-state index contributed by atoms with van der Waals surface area (Å²) in [6, 6.07) is -4.30. The molecule has 212 valence electrons. The van der Waals surface area contributed by atoms with Gasteiger partial charge in [-0.2, -0.15) is 23.5 Å². The Bertz CT molecular complexity index is 797. The SMILES string of the molecule is CSCCC(N)C(=O)NC(CCSC)C(=O)NC(CCCN=C(N)N)C(=O)NC(CCC(N)=O)C(=O)O. The van der Waals surface area contributed by atoms with Crippen molar-refractivity contribution >= 4 is 59.1 Å². The summed E-state index contributed by atoms with van der Waals surface area (Å²) in [7, 11) is 0. The number of carboxylic acid groups (broad SMARTS) is 1. The molecule has 37 heavy (non-hydrogen) atoms. The maximum atomic E-state index is 13.1. The zero-order chi connectivity index (χ0) is 28.4. The van der Waals surface area contributed by atoms with Gasteiger partial charge >= 0.3 is 5.97 Å². The molecule has 0 aliphatic carbocycles. The molecule has 0 rings (SSSR count). The van der Waals surface area contributed by atoms with Crippen molar-refractivity contribution in [1.82, 2.24) is 16.0 Å². The van der Waals surface area contributed by atoms with E-state index in [1.807, 2.05) is 12.5 Å². The third kappa shape index (κ3) is 15.9. The first-order chi connectivity index (χ1) is 17.4. The average Bonchev–Trinajstić information content (AvgIpc) is 2.83. The van der Waals surface area contributed by atoms with Crippen LogP contribution in [-0.2, 0) is 24.0 Å². The highest BCUT2D eigenvalue weighted by atomic mass is 32.2. The van der Waals surface area contributed by atoms with Gasteiger partial charge in [0.15, 0.2) is 5.96 Å². The number of carbonyl (C=O) groups excluding carboxylic acids is 4. The minimum Gasteiger partial charge on any atom is -0.480 e. The number of hydrogen-bond donors (Lipinski definition) is 8. The van der Waals surface area contributed by atoms with Crippen molar-refractivity contribution < 1.29 is 29.1 Å². The third-order valence-electron chi connectivity index (χ3n) is 5.09. The van der Waals surface area contributed by atoms with E-state index in [-0.39, 0.29) is 44.6 Å². The van der Waals surface area contributed by atoms with Gasteiger partial charge in [0.1, 0.15) is 18.1 Å². The largest absolute Gasteiger partial charge is 0.480 e. The van der Waals surface area contributed by atoms with E-state index in [0.29, 0.717) is 17.9 Å². The molecule has 0 radical (unpaired) electrons. The second-order valence-electron chi connectivity index (χ2n) is 8.15. The highest BCUT2D eigenvalue weighted by Gasteiger charge is 2.30. The maximum Gasteiger partial charge on any atom is 0.326 e. The second kappa shape index (κ2) is 19.4. The number of rotatable bonds is 20. The molecular formula is C21H40N8O6S2. The van der Waals surface area contributed by atoms with Crippen molar-refractivity contribution in [1.29, 1.82) is 0 Å². The normalized spacial score (nSPS) is 13.9. The quantitative estimate of drug-likeness (QED) is 0.0442. The predicted molar refractivity (Wildman–Crippen MR) is 146 cm³/mol. The monoisotopic (exact) mass is 564 g/mol. The van der Waals surface area contributed by atoms with E-state index in [0.717, 1.165) is 0 Å². The molecule has 0 aromatic rings. The number of nitrogens with one attached hydrogen (secondary N) is 3. The predicted octanol–water partition coefficient (Wildman–Crippen LogP) is -2.32. The molecule has 0 aromatic heterocycles. The van der Waals surface area contributed by atoms with Gasteiger partial charge in [-0.3, -0.25) is 24.2 Å². The number of carboxylic acids is 1. The van der Waals surface area contributed by atoms with Crippen molar-refractivity contribution in [2.24, 2.45) is 27.9 Å². The summed E-state index contributed by atoms with van der Waals surface area (Å²) >= 11 is 3.02. The van der Waals surface area contributed by atoms with Crippen LogP contribution in [0.5, 0.6) is 0 Å². The van der Waals surface area contributed by atoms with E-state index < -0.39 is 53.8 Å². The molecule has 0 spiro atoms. The number of thioether (sulfide) groups is 2. The van der Waals surface area contributed by atoms with Gasteiger partial charge in [0.2, 0.25) is 23.6 Å². The molecule has 0 saturated heterocycles. The van der Waals surface area contributed by atoms with Gasteiger partial charge in [-0.1, -0.05) is 0 Å². The lowest BCUT2D eigenvalue weighted by Gasteiger charge is -2.25. The van der Waals surface area contributed by atoms with Crippen molar-refractivity contribution in [3.05, 3.63) is 0 Å². The van der Waals surface area contributed by atoms with Crippen LogP contribution in [0.1, 0.15) is 38.5 Å². The highest BCUT2D eigenvalue weighted by molar-refractivity contribution is 7.98. The third-order valence-corrected chi connectivity index (χ3v) is 6.37. The first kappa shape index (κ1) is 34.3. The molecule has 0 fully saturated rings. The van der Waals surface area contributed by atoms with Gasteiger partial charge in [-0.05, 0) is 56.1 Å². The number of aliphatic imine (C=N–C) groups is 1. The molecule has 4 atom stereocenters. The topological polar surface area (TPSA) is 258 Å². The van der Waals surface area contributed by atoms with Crippen molar-refractivity contribution in [2.45, 2.75) is 62.7 Å². The van der Waals surface area contributed by atoms with E-state index in [1.165, 1.54) is 11.8 Å². The Morgan fingerprint density at radius 1 is 0.784 bits per heavy atom. The van der Waals surface area contributed by atoms with Crippen LogP contribution in [0, 0.1) is 0 Å². The first-order valence-corrected chi connectivity index (χ1v) is 14.4. The number of guanidine groups is 1. The van der Waals surface area contributed by atoms with Crippen LogP contribution in [0.25, 0.3) is 0 Å². The summed E-state index contributed by atoms with van der Waals surface area (Å²) in [5.74, 6) is -2.87. The van der Waals surface area contributed by atoms with E-state index in [1.54, 1.807) is 11.8 Å². The second-order valence-corrected chi connectivity index (χ2v) is 10.1. The number of nitrogens with two attached hydrogens (primary N) is 4. The minimum absolute atomic E-state index is 0.0763. The van der Waals surface area contributed by atoms with Crippen molar-refractivity contribution in [2.75, 3.05) is 30.6 Å². The number of carbonyl (C=O) groups is 5. The summed E-state index contributed by atoms with van der Waals surface area (Å²) in [6.45, 7) is 0.170. The van der Waals surface area contributed by atoms with Crippen LogP contribution in [0.2, 0.25) is 0 Å². The molecule has 0 aliphatic heterocycles. The Labute approximate surface area is 225 Å². The van der Waals surface area contributed by atoms with Gasteiger partial charge in [0.05, 0.1) is 6.04 Å². The molecule has 0 bridgehead atoms. The smallest absolute Gasteiger partial charge is 0.326 e. The maximum absolute atomic E-state index is 13.1. The Morgan fingerprint density at radius 2 is 1.30 bits per heavy atom. The Kier molecular flexibility index (Phi) is 18.0. The number of nitrogens with zero attached hydrogens (tertiary/aromatic N) is 1. The van der Waals surface area contributed by atoms with Crippen LogP contribution >= 0.6 is 23.5 Å². The van der Waals surface area contributed by atoms with Gasteiger partial charge in [0.25, 0.3) is 0 Å². The fourth-order valence-corrected chi connectivity index (χ4v) is 3.98. The number of primary amides is 1. The lowest BCUT2D eigenvalue weighted by atomic mass is 10.1. The molecule has 0 aliphatic rings. The summed E-state index contributed by atoms with van der Waals surface area (Å²) in [4.78, 5) is 65.0. The standard InChI is InChI=1S/C21H40N8O6S2/c1-36-10-7-12(22)17(31)27-14(8-11-37-2)19(33)28-13(4-3-9-26-21(24)25)18(32)29-15(20(34)35)5-6-16(23)30/h12-15H,3-11,22H2,1-2H3,(H2,23,30)(H,27,31)(H,28,33)(H,29,32)(H,34,35)(H4,24,25,26). The van der Waals surface area contributed by atoms with Gasteiger partial charge in [-0.15, -0.1) is 0 Å². The van der Waals surface area contributed by atoms with Crippen LogP contribution in [0.4, 0.5) is 0 Å². The fraction of sp³-hybridized carbons (Fsp3) is 0.714. The first-order valence-electron chi connectivity index (χ1n) is 11.6. The molecule has 4 unspecified atom stereocenters. The number of amides is 4. The molecule has 4 amide bonds. The Hall–Kier alpha value is -2.72. The Balaban J connectivity index is 5.58. The summed E-state index contributed by atoms with van der Waals surface area (Å²) < 4.78 is 0. The van der Waals surface area contributed by atoms with E-state index in [4.69, 9.17) is 22.9 Å². The lowest BCUT2D eigenvalue weighted by molar-refractivity contribution is -0.142. The zero-order valence-electron chi connectivity index (χ0n) is 21.2. The fourth-order valence-electron chi connectivity index (χ4n) is 3.02. The Morgan fingerprint density at radius 3 is 1.81 bits per heavy atom. The minimum atomic E-state index is -1.39. The zero-order valence-corrected chi connectivity index (χ0v) is 22.9. The van der Waals surface area contributed by atoms with Gasteiger partial charge in [0, 0.05) is 13.0 Å². The summed E-state index contributed by atoms with van der Waals surface area (Å²) in [6.07, 6.45) is 4.35. The van der Waals surface area contributed by atoms with Crippen LogP contribution in [-0.4, -0.2) is 95.4 Å². The molecular weight excluding hydrogens is 524 g/mol. The van der Waals surface area contributed by atoms with Crippen LogP contribution < -0.4 is 38.9 Å². The molecule has 0 saturated carbocycles.